The van der Waals surface area contributed by atoms with Crippen LogP contribution in [0.4, 0.5) is 45.8 Å². The van der Waals surface area contributed by atoms with Gasteiger partial charge in [0.05, 0.1) is 21.2 Å². The Hall–Kier alpha value is 1.13. The summed E-state index contributed by atoms with van der Waals surface area (Å²) in [6.45, 7) is 17.6. The van der Waals surface area contributed by atoms with Gasteiger partial charge in [0.1, 0.15) is 16.5 Å². The fraction of sp³-hybridized carbons (Fsp3) is 0.553. The molecule has 20 nitrogen and oxygen atoms in total. The van der Waals surface area contributed by atoms with Crippen LogP contribution < -0.4 is 38.1 Å². The number of nitrogens with one attached hydrogen (secondary N) is 1. The molecule has 3 saturated heterocycles. The molecular weight excluding hydrogens is 1740 g/mol. The average Bonchev–Trinajstić information content (AvgIpc) is 3.21. The summed E-state index contributed by atoms with van der Waals surface area (Å²) < 4.78 is 3.71. The van der Waals surface area contributed by atoms with Crippen molar-refractivity contribution in [1.82, 2.24) is 35.0 Å². The normalized spacial score (nSPS) is 14.4. The third kappa shape index (κ3) is 37.5. The van der Waals surface area contributed by atoms with Gasteiger partial charge in [-0.05, 0) is 53.2 Å². The Balaban J connectivity index is -0.000000236. The number of aliphatic hydroxyl groups excluding tert-OH is 1. The number of pyridine rings is 3. The van der Waals surface area contributed by atoms with E-state index in [-0.39, 0.29) is 67.3 Å². The summed E-state index contributed by atoms with van der Waals surface area (Å²) in [5, 5.41) is 31.6. The van der Waals surface area contributed by atoms with Crippen molar-refractivity contribution in [3.63, 3.8) is 0 Å². The quantitative estimate of drug-likeness (QED) is 0.0471. The molecule has 0 aliphatic carbocycles. The molecule has 0 bridgehead atoms. The van der Waals surface area contributed by atoms with Gasteiger partial charge in [0, 0.05) is 141 Å². The molecule has 0 unspecified atom stereocenters. The van der Waals surface area contributed by atoms with E-state index >= 15 is 0 Å². The second kappa shape index (κ2) is 44.6. The van der Waals surface area contributed by atoms with Crippen molar-refractivity contribution in [3.05, 3.63) is 67.1 Å². The van der Waals surface area contributed by atoms with Gasteiger partial charge in [-0.25, -0.2) is 9.97 Å². The van der Waals surface area contributed by atoms with Crippen molar-refractivity contribution in [3.8, 4) is 0 Å². The fourth-order valence-electron chi connectivity index (χ4n) is 5.23. The maximum atomic E-state index is 11.0. The van der Waals surface area contributed by atoms with Gasteiger partial charge >= 0.3 is 11.4 Å². The van der Waals surface area contributed by atoms with Gasteiger partial charge in [0.2, 0.25) is 5.82 Å². The van der Waals surface area contributed by atoms with E-state index in [0.717, 1.165) is 78.4 Å². The Kier molecular flexibility index (Phi) is 51.3. The molecule has 384 valence electrons. The van der Waals surface area contributed by atoms with Gasteiger partial charge in [-0.2, -0.15) is 6.92 Å². The van der Waals surface area contributed by atoms with Crippen molar-refractivity contribution in [1.29, 1.82) is 0 Å². The number of nitrogen functional groups attached to an aromatic ring is 4. The van der Waals surface area contributed by atoms with Crippen LogP contribution in [0.2, 0.25) is 0 Å². The van der Waals surface area contributed by atoms with E-state index in [1.165, 1.54) is 37.6 Å². The van der Waals surface area contributed by atoms with E-state index in [4.69, 9.17) is 28.0 Å². The maximum absolute atomic E-state index is 11.0. The summed E-state index contributed by atoms with van der Waals surface area (Å²) in [6.07, 6.45) is 4.66. The van der Waals surface area contributed by atoms with Crippen LogP contribution in [-0.2, 0) is 37.1 Å². The third-order valence-corrected chi connectivity index (χ3v) is 8.39. The molecule has 0 amide bonds. The van der Waals surface area contributed by atoms with Gasteiger partial charge in [0.25, 0.3) is 0 Å². The molecule has 29 heteroatoms. The number of piperazine rings is 3. The molecular formula is C38H66I7N15O5V2-2. The Morgan fingerprint density at radius 1 is 0.687 bits per heavy atom. The van der Waals surface area contributed by atoms with Crippen LogP contribution in [0, 0.1) is 31.5 Å². The second-order valence-corrected chi connectivity index (χ2v) is 36.7. The van der Waals surface area contributed by atoms with E-state index in [0.29, 0.717) is 22.3 Å². The number of aryl methyl sites for hydroxylation is 1. The van der Waals surface area contributed by atoms with Crippen molar-refractivity contribution >= 4 is 204 Å². The van der Waals surface area contributed by atoms with Gasteiger partial charge in [0.15, 0.2) is 5.82 Å². The minimum absolute atomic E-state index is 0. The number of nitrogens with zero attached hydrogens (tertiary/aromatic N) is 10. The maximum Gasteiger partial charge on any atom is 0.334 e. The van der Waals surface area contributed by atoms with E-state index in [2.05, 4.69) is 219 Å². The van der Waals surface area contributed by atoms with Crippen molar-refractivity contribution < 1.29 is 52.1 Å². The summed E-state index contributed by atoms with van der Waals surface area (Å²) in [4.78, 5) is 43.4. The predicted octanol–water partition coefficient (Wildman–Crippen LogP) is 8.27. The van der Waals surface area contributed by atoms with Gasteiger partial charge < -0.3 is 80.4 Å². The van der Waals surface area contributed by atoms with E-state index in [1.807, 2.05) is 23.3 Å². The van der Waals surface area contributed by atoms with Gasteiger partial charge in [-0.3, -0.25) is 97.4 Å². The first-order valence-corrected chi connectivity index (χ1v) is 26.9. The number of halogens is 7. The van der Waals surface area contributed by atoms with Crippen LogP contribution in [0.5, 0.6) is 0 Å². The largest absolute Gasteiger partial charge is 0.400 e. The zero-order valence-corrected chi connectivity index (χ0v) is 55.8. The number of hydrogen-bond donors (Lipinski definition) is 6. The van der Waals surface area contributed by atoms with Crippen LogP contribution in [0.1, 0.15) is 27.0 Å². The SMILES string of the molecule is C.CC(I)(I)I.CN1CCN(c2nccc(N)c2N)CC1.CN1CCN(c2nccc(N)c2[N+](=O)[O-])CC1.CN1CCNCC1.CO.C[CH-]I.Cc1nccc(N)c1[N+](=O)[O-].I[C-](I)I.[V].[V]. The number of hydrogen-bond acceptors (Lipinski definition) is 18. The monoisotopic (exact) mass is 1800 g/mol. The molecule has 6 heterocycles. The zero-order valence-electron chi connectivity index (χ0n) is 37.9. The molecule has 3 aromatic heterocycles. The number of aliphatic hydroxyl groups is 1. The number of aromatic nitrogens is 3. The van der Waals surface area contributed by atoms with Crippen LogP contribution in [0.3, 0.4) is 0 Å². The number of nitro groups is 2. The molecule has 0 spiro atoms. The van der Waals surface area contributed by atoms with Gasteiger partial charge in [-0.1, -0.05) is 75.2 Å². The summed E-state index contributed by atoms with van der Waals surface area (Å²) in [5.74, 6) is 1.20. The second-order valence-electron chi connectivity index (χ2n) is 13.4. The Morgan fingerprint density at radius 2 is 0.985 bits per heavy atom. The molecule has 3 aliphatic heterocycles. The number of alkyl halides is 3. The minimum Gasteiger partial charge on any atom is -0.400 e. The number of anilines is 6. The topological polar surface area (TPSA) is 277 Å². The Labute approximate surface area is 517 Å². The first-order chi connectivity index (χ1) is 29.9. The first-order valence-electron chi connectivity index (χ1n) is 19.2. The van der Waals surface area contributed by atoms with E-state index in [1.54, 1.807) is 19.2 Å². The smallest absolute Gasteiger partial charge is 0.334 e. The standard InChI is InChI=1S/C10H15N5O2.C10H17N5.C6H7N3O2.C5H12N2.C2H3I3.C2H4I.CI3.CH4O.CH4.2V/c1-13-4-6-14(7-5-13)10-9(15(16)17)8(11)2-3-12-10;1-14-4-6-15(7-5-14)10-9(12)8(11)2-3-13-10;1-4-6(9(10)11)5(7)2-3-8-4;1-7-4-2-6-3-5-7;1-2(3,4)5;1-2-3;2-1(3)4;1-2;;;/h2-3H,4-7H2,1H3,(H2,11,12);2-3H,4-7,12H2,1H3,(H2,11,13);2-3H,1H3,(H2,7,8);6H,2-5H2,1H3;1H3;2H,1H3;;2H,1H3;1H4;;/q;;;;;2*-1;;;;. The van der Waals surface area contributed by atoms with Crippen LogP contribution >= 0.6 is 158 Å². The molecule has 67 heavy (non-hydrogen) atoms. The van der Waals surface area contributed by atoms with Crippen molar-refractivity contribution in [2.24, 2.45) is 0 Å². The zero-order chi connectivity index (χ0) is 49.6. The summed E-state index contributed by atoms with van der Waals surface area (Å²) in [7, 11) is 7.30. The van der Waals surface area contributed by atoms with Crippen LogP contribution in [0.25, 0.3) is 0 Å². The summed E-state index contributed by atoms with van der Waals surface area (Å²) >= 11 is 15.9. The number of nitrogens with two attached hydrogens (primary N) is 4. The molecule has 0 aromatic carbocycles. The van der Waals surface area contributed by atoms with Crippen LogP contribution in [0.15, 0.2) is 36.8 Å². The molecule has 3 aromatic rings. The fourth-order valence-corrected chi connectivity index (χ4v) is 5.23. The molecule has 10 N–H and O–H groups in total. The summed E-state index contributed by atoms with van der Waals surface area (Å²) in [6, 6.07) is 4.59. The predicted molar refractivity (Wildman–Crippen MR) is 333 cm³/mol. The number of rotatable bonds is 4. The molecule has 2 radical (unpaired) electrons. The summed E-state index contributed by atoms with van der Waals surface area (Å²) in [5.41, 5.74) is 24.3. The minimum atomic E-state index is -0.530. The van der Waals surface area contributed by atoms with Gasteiger partial charge in [-0.15, -0.1) is -0.0619 Å². The average molecular weight is 1800 g/mol. The molecule has 0 atom stereocenters. The molecule has 3 fully saturated rings. The molecule has 3 aliphatic rings. The molecule has 0 saturated carbocycles. The number of likely N-dealkylation sites (N-methyl/N-ethyl adjacent to an activating group) is 3. The molecule has 6 rings (SSSR count). The van der Waals surface area contributed by atoms with E-state index < -0.39 is 9.85 Å². The van der Waals surface area contributed by atoms with E-state index in [9.17, 15) is 20.2 Å². The third-order valence-electron chi connectivity index (χ3n) is 8.39. The first kappa shape index (κ1) is 77.0. The Bertz CT molecular complexity index is 1720. The van der Waals surface area contributed by atoms with Crippen molar-refractivity contribution in [2.45, 2.75) is 27.6 Å². The van der Waals surface area contributed by atoms with Crippen molar-refractivity contribution in [2.75, 3.05) is 140 Å². The Morgan fingerprint density at radius 3 is 1.30 bits per heavy atom. The van der Waals surface area contributed by atoms with Crippen LogP contribution in [-0.4, -0.2) is 151 Å².